The second-order valence-electron chi connectivity index (χ2n) is 5.73. The number of rotatable bonds is 4. The van der Waals surface area contributed by atoms with Crippen LogP contribution < -0.4 is 5.73 Å². The molecule has 22 heavy (non-hydrogen) atoms. The van der Waals surface area contributed by atoms with Crippen LogP contribution in [-0.2, 0) is 11.2 Å². The van der Waals surface area contributed by atoms with Crippen molar-refractivity contribution in [3.8, 4) is 11.3 Å². The van der Waals surface area contributed by atoms with Crippen molar-refractivity contribution < 1.29 is 9.21 Å². The fourth-order valence-electron chi connectivity index (χ4n) is 2.77. The molecule has 1 saturated heterocycles. The Labute approximate surface area is 130 Å². The summed E-state index contributed by atoms with van der Waals surface area (Å²) in [7, 11) is 0. The molecule has 0 radical (unpaired) electrons. The summed E-state index contributed by atoms with van der Waals surface area (Å²) in [4.78, 5) is 18.3. The van der Waals surface area contributed by atoms with Gasteiger partial charge in [0, 0.05) is 37.5 Å². The number of oxazole rings is 1. The molecule has 1 amide bonds. The maximum absolute atomic E-state index is 12.2. The van der Waals surface area contributed by atoms with E-state index in [9.17, 15) is 4.79 Å². The van der Waals surface area contributed by atoms with E-state index in [0.29, 0.717) is 25.3 Å². The SMILES string of the molecule is NC1CCCN(C(=O)CCc2ncc(-c3ccccc3)o2)C1. The monoisotopic (exact) mass is 299 g/mol. The highest BCUT2D eigenvalue weighted by Crippen LogP contribution is 2.20. The van der Waals surface area contributed by atoms with Crippen molar-refractivity contribution >= 4 is 5.91 Å². The van der Waals surface area contributed by atoms with Crippen molar-refractivity contribution in [2.75, 3.05) is 13.1 Å². The van der Waals surface area contributed by atoms with E-state index in [4.69, 9.17) is 10.2 Å². The highest BCUT2D eigenvalue weighted by Gasteiger charge is 2.21. The molecule has 1 fully saturated rings. The second kappa shape index (κ2) is 6.75. The van der Waals surface area contributed by atoms with Crippen LogP contribution in [0.3, 0.4) is 0 Å². The lowest BCUT2D eigenvalue weighted by atomic mass is 10.1. The number of benzene rings is 1. The third kappa shape index (κ3) is 3.54. The zero-order valence-electron chi connectivity index (χ0n) is 12.6. The maximum Gasteiger partial charge on any atom is 0.223 e. The van der Waals surface area contributed by atoms with Gasteiger partial charge in [0.05, 0.1) is 6.20 Å². The van der Waals surface area contributed by atoms with Crippen LogP contribution in [0.25, 0.3) is 11.3 Å². The standard InChI is InChI=1S/C17H21N3O2/c18-14-7-4-10-20(12-14)17(21)9-8-16-19-11-15(22-16)13-5-2-1-3-6-13/h1-3,5-6,11,14H,4,7-10,12,18H2. The molecule has 2 heterocycles. The first-order chi connectivity index (χ1) is 10.7. The van der Waals surface area contributed by atoms with Gasteiger partial charge in [-0.2, -0.15) is 0 Å². The topological polar surface area (TPSA) is 72.4 Å². The summed E-state index contributed by atoms with van der Waals surface area (Å²) in [5, 5.41) is 0. The van der Waals surface area contributed by atoms with Crippen molar-refractivity contribution in [3.63, 3.8) is 0 Å². The molecule has 1 aromatic carbocycles. The second-order valence-corrected chi connectivity index (χ2v) is 5.73. The van der Waals surface area contributed by atoms with Gasteiger partial charge in [-0.05, 0) is 12.8 Å². The largest absolute Gasteiger partial charge is 0.441 e. The van der Waals surface area contributed by atoms with Crippen LogP contribution >= 0.6 is 0 Å². The number of aryl methyl sites for hydroxylation is 1. The van der Waals surface area contributed by atoms with Crippen LogP contribution in [-0.4, -0.2) is 34.9 Å². The summed E-state index contributed by atoms with van der Waals surface area (Å²) in [5.74, 6) is 1.48. The fourth-order valence-corrected chi connectivity index (χ4v) is 2.77. The minimum atomic E-state index is 0.115. The molecule has 2 aromatic rings. The predicted octanol–water partition coefficient (Wildman–Crippen LogP) is 2.22. The normalized spacial score (nSPS) is 18.4. The average Bonchev–Trinajstić information content (AvgIpc) is 3.02. The lowest BCUT2D eigenvalue weighted by molar-refractivity contribution is -0.132. The number of likely N-dealkylation sites (tertiary alicyclic amines) is 1. The molecule has 1 aliphatic heterocycles. The van der Waals surface area contributed by atoms with E-state index < -0.39 is 0 Å². The summed E-state index contributed by atoms with van der Waals surface area (Å²) in [6.45, 7) is 1.48. The number of piperidine rings is 1. The quantitative estimate of drug-likeness (QED) is 0.939. The summed E-state index contributed by atoms with van der Waals surface area (Å²) in [5.41, 5.74) is 6.91. The smallest absolute Gasteiger partial charge is 0.223 e. The molecule has 5 nitrogen and oxygen atoms in total. The van der Waals surface area contributed by atoms with Crippen molar-refractivity contribution in [1.29, 1.82) is 0 Å². The van der Waals surface area contributed by atoms with Gasteiger partial charge in [-0.25, -0.2) is 4.98 Å². The van der Waals surface area contributed by atoms with E-state index >= 15 is 0 Å². The van der Waals surface area contributed by atoms with E-state index in [-0.39, 0.29) is 11.9 Å². The Hall–Kier alpha value is -2.14. The number of carbonyl (C=O) groups excluding carboxylic acids is 1. The predicted molar refractivity (Wildman–Crippen MR) is 84.0 cm³/mol. The molecule has 1 aliphatic rings. The molecule has 116 valence electrons. The highest BCUT2D eigenvalue weighted by atomic mass is 16.4. The molecule has 0 bridgehead atoms. The zero-order chi connectivity index (χ0) is 15.4. The molecule has 1 unspecified atom stereocenters. The number of hydrogen-bond acceptors (Lipinski definition) is 4. The van der Waals surface area contributed by atoms with Crippen LogP contribution in [0.1, 0.15) is 25.2 Å². The summed E-state index contributed by atoms with van der Waals surface area (Å²) in [6.07, 6.45) is 4.65. The Balaban J connectivity index is 1.56. The molecule has 0 saturated carbocycles. The Morgan fingerprint density at radius 1 is 1.36 bits per heavy atom. The minimum absolute atomic E-state index is 0.115. The van der Waals surface area contributed by atoms with Gasteiger partial charge in [0.25, 0.3) is 0 Å². The van der Waals surface area contributed by atoms with Crippen LogP contribution in [0.4, 0.5) is 0 Å². The minimum Gasteiger partial charge on any atom is -0.441 e. The molecule has 5 heteroatoms. The van der Waals surface area contributed by atoms with Gasteiger partial charge < -0.3 is 15.1 Å². The fraction of sp³-hybridized carbons (Fsp3) is 0.412. The number of hydrogen-bond donors (Lipinski definition) is 1. The van der Waals surface area contributed by atoms with Gasteiger partial charge in [0.1, 0.15) is 0 Å². The van der Waals surface area contributed by atoms with Crippen molar-refractivity contribution in [3.05, 3.63) is 42.4 Å². The number of nitrogens with zero attached hydrogens (tertiary/aromatic N) is 2. The molecule has 3 rings (SSSR count). The van der Waals surface area contributed by atoms with E-state index in [1.54, 1.807) is 6.20 Å². The van der Waals surface area contributed by atoms with Gasteiger partial charge >= 0.3 is 0 Å². The Morgan fingerprint density at radius 2 is 2.18 bits per heavy atom. The van der Waals surface area contributed by atoms with Gasteiger partial charge in [-0.15, -0.1) is 0 Å². The maximum atomic E-state index is 12.2. The van der Waals surface area contributed by atoms with Crippen molar-refractivity contribution in [2.24, 2.45) is 5.73 Å². The lowest BCUT2D eigenvalue weighted by Crippen LogP contribution is -2.45. The summed E-state index contributed by atoms with van der Waals surface area (Å²) >= 11 is 0. The molecular formula is C17H21N3O2. The van der Waals surface area contributed by atoms with Gasteiger partial charge in [0.2, 0.25) is 5.91 Å². The first-order valence-electron chi connectivity index (χ1n) is 7.76. The van der Waals surface area contributed by atoms with Gasteiger partial charge in [-0.1, -0.05) is 30.3 Å². The number of aromatic nitrogens is 1. The molecule has 2 N–H and O–H groups in total. The van der Waals surface area contributed by atoms with E-state index in [1.165, 1.54) is 0 Å². The number of nitrogens with two attached hydrogens (primary N) is 1. The van der Waals surface area contributed by atoms with E-state index in [1.807, 2.05) is 35.2 Å². The lowest BCUT2D eigenvalue weighted by Gasteiger charge is -2.30. The summed E-state index contributed by atoms with van der Waals surface area (Å²) in [6, 6.07) is 9.95. The van der Waals surface area contributed by atoms with Crippen LogP contribution in [0, 0.1) is 0 Å². The Kier molecular flexibility index (Phi) is 4.53. The molecule has 0 spiro atoms. The number of carbonyl (C=O) groups is 1. The van der Waals surface area contributed by atoms with Crippen molar-refractivity contribution in [1.82, 2.24) is 9.88 Å². The van der Waals surface area contributed by atoms with Crippen LogP contribution in [0.15, 0.2) is 40.9 Å². The van der Waals surface area contributed by atoms with Gasteiger partial charge in [0.15, 0.2) is 11.7 Å². The van der Waals surface area contributed by atoms with E-state index in [0.717, 1.165) is 30.7 Å². The highest BCUT2D eigenvalue weighted by molar-refractivity contribution is 5.76. The third-order valence-corrected chi connectivity index (χ3v) is 3.98. The first kappa shape index (κ1) is 14.8. The zero-order valence-corrected chi connectivity index (χ0v) is 12.6. The third-order valence-electron chi connectivity index (χ3n) is 3.98. The van der Waals surface area contributed by atoms with E-state index in [2.05, 4.69) is 4.98 Å². The van der Waals surface area contributed by atoms with Crippen LogP contribution in [0.5, 0.6) is 0 Å². The summed E-state index contributed by atoms with van der Waals surface area (Å²) < 4.78 is 5.72. The molecule has 0 aliphatic carbocycles. The Morgan fingerprint density at radius 3 is 2.95 bits per heavy atom. The molecule has 1 aromatic heterocycles. The molecular weight excluding hydrogens is 278 g/mol. The first-order valence-corrected chi connectivity index (χ1v) is 7.76. The molecule has 1 atom stereocenters. The van der Waals surface area contributed by atoms with Gasteiger partial charge in [-0.3, -0.25) is 4.79 Å². The van der Waals surface area contributed by atoms with Crippen molar-refractivity contribution in [2.45, 2.75) is 31.7 Å². The van der Waals surface area contributed by atoms with Crippen LogP contribution in [0.2, 0.25) is 0 Å². The Bertz CT molecular complexity index is 624. The average molecular weight is 299 g/mol. The number of amides is 1.